The molecular weight excluding hydrogens is 324 g/mol. The third-order valence-corrected chi connectivity index (χ3v) is 4.49. The largest absolute Gasteiger partial charge is 0.481 e. The summed E-state index contributed by atoms with van der Waals surface area (Å²) in [5, 5.41) is 23.2. The van der Waals surface area contributed by atoms with E-state index in [0.717, 1.165) is 25.3 Å². The van der Waals surface area contributed by atoms with Gasteiger partial charge in [-0.05, 0) is 25.0 Å². The summed E-state index contributed by atoms with van der Waals surface area (Å²) in [6.07, 6.45) is 3.55. The van der Waals surface area contributed by atoms with Crippen LogP contribution < -0.4 is 5.32 Å². The maximum Gasteiger partial charge on any atom is 0.311 e. The Morgan fingerprint density at radius 2 is 1.96 bits per heavy atom. The minimum Gasteiger partial charge on any atom is -0.481 e. The van der Waals surface area contributed by atoms with Crippen LogP contribution in [0.4, 0.5) is 5.69 Å². The second-order valence-corrected chi connectivity index (χ2v) is 6.18. The van der Waals surface area contributed by atoms with Gasteiger partial charge in [-0.15, -0.1) is 0 Å². The van der Waals surface area contributed by atoms with Crippen LogP contribution in [0.25, 0.3) is 0 Å². The lowest BCUT2D eigenvalue weighted by Crippen LogP contribution is -2.44. The van der Waals surface area contributed by atoms with E-state index in [-0.39, 0.29) is 17.1 Å². The number of hydrogen-bond acceptors (Lipinski definition) is 4. The quantitative estimate of drug-likeness (QED) is 0.632. The first-order valence-electron chi connectivity index (χ1n) is 7.31. The van der Waals surface area contributed by atoms with Crippen LogP contribution in [0.15, 0.2) is 18.2 Å². The number of amides is 1. The van der Waals surface area contributed by atoms with E-state index >= 15 is 0 Å². The van der Waals surface area contributed by atoms with Gasteiger partial charge in [-0.3, -0.25) is 19.7 Å². The van der Waals surface area contributed by atoms with Crippen LogP contribution in [-0.2, 0) is 4.79 Å². The van der Waals surface area contributed by atoms with Crippen LogP contribution in [0.2, 0.25) is 5.02 Å². The molecular formula is C15H17ClN2O5. The Bertz CT molecular complexity index is 641. The second kappa shape index (κ2) is 6.95. The second-order valence-electron chi connectivity index (χ2n) is 5.75. The zero-order valence-corrected chi connectivity index (χ0v) is 13.1. The van der Waals surface area contributed by atoms with E-state index in [1.54, 1.807) is 0 Å². The van der Waals surface area contributed by atoms with Gasteiger partial charge in [-0.1, -0.05) is 30.9 Å². The third-order valence-electron chi connectivity index (χ3n) is 4.25. The number of hydrogen-bond donors (Lipinski definition) is 2. The average Bonchev–Trinajstić information content (AvgIpc) is 2.53. The van der Waals surface area contributed by atoms with Crippen molar-refractivity contribution in [1.82, 2.24) is 5.32 Å². The molecule has 0 spiro atoms. The minimum absolute atomic E-state index is 0.0407. The van der Waals surface area contributed by atoms with Crippen molar-refractivity contribution in [3.8, 4) is 0 Å². The van der Waals surface area contributed by atoms with Gasteiger partial charge in [-0.25, -0.2) is 0 Å². The van der Waals surface area contributed by atoms with Crippen molar-refractivity contribution in [2.24, 2.45) is 5.41 Å². The van der Waals surface area contributed by atoms with Crippen molar-refractivity contribution >= 4 is 29.2 Å². The number of carboxylic acids is 1. The van der Waals surface area contributed by atoms with Crippen LogP contribution in [0.5, 0.6) is 0 Å². The molecule has 0 aliphatic heterocycles. The number of carbonyl (C=O) groups is 2. The predicted molar refractivity (Wildman–Crippen MR) is 83.6 cm³/mol. The van der Waals surface area contributed by atoms with Gasteiger partial charge in [-0.2, -0.15) is 0 Å². The van der Waals surface area contributed by atoms with Gasteiger partial charge in [0.1, 0.15) is 5.56 Å². The fourth-order valence-electron chi connectivity index (χ4n) is 2.89. The molecule has 2 rings (SSSR count). The van der Waals surface area contributed by atoms with E-state index in [1.165, 1.54) is 12.1 Å². The molecule has 2 N–H and O–H groups in total. The topological polar surface area (TPSA) is 110 Å². The van der Waals surface area contributed by atoms with E-state index in [0.29, 0.717) is 12.8 Å². The Hall–Kier alpha value is -2.15. The maximum absolute atomic E-state index is 12.2. The number of rotatable bonds is 5. The first kappa shape index (κ1) is 17.2. The molecule has 0 bridgehead atoms. The molecule has 0 radical (unpaired) electrons. The van der Waals surface area contributed by atoms with Gasteiger partial charge in [0.15, 0.2) is 0 Å². The van der Waals surface area contributed by atoms with E-state index in [9.17, 15) is 24.8 Å². The highest BCUT2D eigenvalue weighted by molar-refractivity contribution is 6.31. The van der Waals surface area contributed by atoms with Crippen molar-refractivity contribution in [1.29, 1.82) is 0 Å². The number of benzene rings is 1. The number of nitrogens with zero attached hydrogens (tertiary/aromatic N) is 1. The summed E-state index contributed by atoms with van der Waals surface area (Å²) < 4.78 is 0. The molecule has 1 amide bonds. The Kier molecular flexibility index (Phi) is 5.20. The Morgan fingerprint density at radius 3 is 2.52 bits per heavy atom. The molecule has 7 nitrogen and oxygen atoms in total. The van der Waals surface area contributed by atoms with Gasteiger partial charge >= 0.3 is 5.97 Å². The van der Waals surface area contributed by atoms with Crippen LogP contribution in [0.1, 0.15) is 42.5 Å². The van der Waals surface area contributed by atoms with E-state index < -0.39 is 27.9 Å². The van der Waals surface area contributed by atoms with Crippen LogP contribution in [-0.4, -0.2) is 28.5 Å². The number of nitrogens with one attached hydrogen (secondary N) is 1. The zero-order valence-electron chi connectivity index (χ0n) is 12.4. The highest BCUT2D eigenvalue weighted by Crippen LogP contribution is 2.36. The third kappa shape index (κ3) is 3.79. The number of aliphatic carboxylic acids is 1. The first-order valence-corrected chi connectivity index (χ1v) is 7.69. The van der Waals surface area contributed by atoms with Crippen molar-refractivity contribution in [2.75, 3.05) is 6.54 Å². The number of carbonyl (C=O) groups excluding carboxylic acids is 1. The summed E-state index contributed by atoms with van der Waals surface area (Å²) in [6.45, 7) is -0.0407. The molecule has 8 heteroatoms. The van der Waals surface area contributed by atoms with Gasteiger partial charge in [0.05, 0.1) is 10.3 Å². The minimum atomic E-state index is -0.991. The molecule has 0 unspecified atom stereocenters. The number of carboxylic acid groups (broad SMARTS) is 1. The van der Waals surface area contributed by atoms with E-state index in [2.05, 4.69) is 5.32 Å². The fraction of sp³-hybridized carbons (Fsp3) is 0.467. The molecule has 1 fully saturated rings. The molecule has 0 atom stereocenters. The highest BCUT2D eigenvalue weighted by Gasteiger charge is 2.40. The molecule has 0 aromatic heterocycles. The predicted octanol–water partition coefficient (Wildman–Crippen LogP) is 3.01. The molecule has 23 heavy (non-hydrogen) atoms. The summed E-state index contributed by atoms with van der Waals surface area (Å²) >= 11 is 5.71. The molecule has 0 heterocycles. The maximum atomic E-state index is 12.2. The van der Waals surface area contributed by atoms with Gasteiger partial charge in [0.2, 0.25) is 0 Å². The first-order chi connectivity index (χ1) is 10.9. The molecule has 124 valence electrons. The summed E-state index contributed by atoms with van der Waals surface area (Å²) in [4.78, 5) is 34.1. The summed E-state index contributed by atoms with van der Waals surface area (Å²) in [6, 6.07) is 3.76. The smallest absolute Gasteiger partial charge is 0.311 e. The molecule has 1 aromatic carbocycles. The van der Waals surface area contributed by atoms with Gasteiger partial charge < -0.3 is 10.4 Å². The summed E-state index contributed by atoms with van der Waals surface area (Å²) in [5.41, 5.74) is -1.52. The molecule has 1 aliphatic carbocycles. The Balaban J connectivity index is 2.16. The number of nitro groups is 1. The number of nitro benzene ring substituents is 1. The molecule has 0 saturated heterocycles. The van der Waals surface area contributed by atoms with Gasteiger partial charge in [0.25, 0.3) is 11.6 Å². The monoisotopic (exact) mass is 340 g/mol. The Labute approximate surface area is 137 Å². The molecule has 1 aliphatic rings. The zero-order chi connectivity index (χ0) is 17.0. The van der Waals surface area contributed by atoms with Crippen molar-refractivity contribution in [2.45, 2.75) is 32.1 Å². The lowest BCUT2D eigenvalue weighted by atomic mass is 9.74. The SMILES string of the molecule is O=C(NCC1(C(=O)O)CCCCC1)c1ccc(Cl)cc1[N+](=O)[O-]. The van der Waals surface area contributed by atoms with E-state index in [4.69, 9.17) is 11.6 Å². The highest BCUT2D eigenvalue weighted by atomic mass is 35.5. The van der Waals surface area contributed by atoms with Crippen molar-refractivity contribution in [3.05, 3.63) is 38.9 Å². The lowest BCUT2D eigenvalue weighted by molar-refractivity contribution is -0.385. The summed E-state index contributed by atoms with van der Waals surface area (Å²) in [5.74, 6) is -1.61. The van der Waals surface area contributed by atoms with Crippen LogP contribution >= 0.6 is 11.6 Å². The normalized spacial score (nSPS) is 16.6. The van der Waals surface area contributed by atoms with E-state index in [1.807, 2.05) is 0 Å². The van der Waals surface area contributed by atoms with Crippen LogP contribution in [0.3, 0.4) is 0 Å². The van der Waals surface area contributed by atoms with Crippen molar-refractivity contribution in [3.63, 3.8) is 0 Å². The standard InChI is InChI=1S/C15H17ClN2O5/c16-10-4-5-11(12(8-10)18(22)23)13(19)17-9-15(14(20)21)6-2-1-3-7-15/h4-5,8H,1-3,6-7,9H2,(H,17,19)(H,20,21). The average molecular weight is 341 g/mol. The molecule has 1 saturated carbocycles. The summed E-state index contributed by atoms with van der Waals surface area (Å²) in [7, 11) is 0. The van der Waals surface area contributed by atoms with Crippen molar-refractivity contribution < 1.29 is 19.6 Å². The molecule has 1 aromatic rings. The van der Waals surface area contributed by atoms with Crippen LogP contribution in [0, 0.1) is 15.5 Å². The Morgan fingerprint density at radius 1 is 1.30 bits per heavy atom. The number of halogens is 1. The van der Waals surface area contributed by atoms with Gasteiger partial charge in [0, 0.05) is 17.6 Å². The lowest BCUT2D eigenvalue weighted by Gasteiger charge is -2.33. The fourth-order valence-corrected chi connectivity index (χ4v) is 3.05.